The third-order valence-electron chi connectivity index (χ3n) is 6.06. The summed E-state index contributed by atoms with van der Waals surface area (Å²) < 4.78 is 33.6. The standard InChI is InChI=1S/C27H27N5O3S2/c1-3-35-22-15-13-20(14-16-22)31-18-6-8-24(31)26-25(23-7-4-5-17-28-23)29-27(36)32(26)21-11-9-19(10-12-21)30-37(2,33)34/h4-18,25-26,30H,3H2,1-2H3,(H,29,36)/t25-,26-/m0/s1. The molecule has 2 aromatic carbocycles. The van der Waals surface area contributed by atoms with E-state index in [1.54, 1.807) is 18.3 Å². The third-order valence-corrected chi connectivity index (χ3v) is 6.98. The lowest BCUT2D eigenvalue weighted by Gasteiger charge is -2.29. The van der Waals surface area contributed by atoms with Gasteiger partial charge in [-0.3, -0.25) is 9.71 Å². The number of nitrogens with zero attached hydrogens (tertiary/aromatic N) is 3. The molecule has 0 bridgehead atoms. The number of sulfonamides is 1. The summed E-state index contributed by atoms with van der Waals surface area (Å²) in [6, 6.07) is 24.7. The van der Waals surface area contributed by atoms with Crippen LogP contribution >= 0.6 is 12.2 Å². The molecule has 0 aliphatic carbocycles. The lowest BCUT2D eigenvalue weighted by atomic mass is 10.0. The first kappa shape index (κ1) is 24.8. The van der Waals surface area contributed by atoms with Crippen molar-refractivity contribution in [1.82, 2.24) is 14.9 Å². The molecule has 3 heterocycles. The average molecular weight is 534 g/mol. The predicted molar refractivity (Wildman–Crippen MR) is 150 cm³/mol. The normalized spacial score (nSPS) is 17.5. The molecule has 37 heavy (non-hydrogen) atoms. The number of hydrogen-bond acceptors (Lipinski definition) is 5. The van der Waals surface area contributed by atoms with Gasteiger partial charge in [0.25, 0.3) is 0 Å². The van der Waals surface area contributed by atoms with Gasteiger partial charge in [0.15, 0.2) is 5.11 Å². The summed E-state index contributed by atoms with van der Waals surface area (Å²) in [7, 11) is -3.38. The first-order chi connectivity index (χ1) is 17.8. The molecule has 8 nitrogen and oxygen atoms in total. The zero-order valence-electron chi connectivity index (χ0n) is 20.4. The van der Waals surface area contributed by atoms with Crippen LogP contribution in [-0.2, 0) is 10.0 Å². The summed E-state index contributed by atoms with van der Waals surface area (Å²) in [6.45, 7) is 2.57. The van der Waals surface area contributed by atoms with Gasteiger partial charge in [0.2, 0.25) is 10.0 Å². The van der Waals surface area contributed by atoms with Crippen LogP contribution in [-0.4, -0.2) is 35.9 Å². The van der Waals surface area contributed by atoms with Crippen molar-refractivity contribution >= 4 is 38.7 Å². The Bertz CT molecular complexity index is 1490. The Morgan fingerprint density at radius 2 is 1.73 bits per heavy atom. The molecule has 190 valence electrons. The van der Waals surface area contributed by atoms with Gasteiger partial charge in [-0.1, -0.05) is 6.07 Å². The van der Waals surface area contributed by atoms with Crippen molar-refractivity contribution in [1.29, 1.82) is 0 Å². The third kappa shape index (κ3) is 5.30. The molecule has 5 rings (SSSR count). The Morgan fingerprint density at radius 1 is 1.00 bits per heavy atom. The Kier molecular flexibility index (Phi) is 6.86. The first-order valence-corrected chi connectivity index (χ1v) is 14.1. The van der Waals surface area contributed by atoms with Gasteiger partial charge < -0.3 is 19.5 Å². The minimum absolute atomic E-state index is 0.209. The molecule has 10 heteroatoms. The van der Waals surface area contributed by atoms with Crippen LogP contribution in [0.3, 0.4) is 0 Å². The van der Waals surface area contributed by atoms with Gasteiger partial charge in [-0.25, -0.2) is 8.42 Å². The van der Waals surface area contributed by atoms with Crippen LogP contribution in [0.4, 0.5) is 11.4 Å². The van der Waals surface area contributed by atoms with Crippen LogP contribution in [0.1, 0.15) is 30.4 Å². The molecule has 0 spiro atoms. The van der Waals surface area contributed by atoms with E-state index < -0.39 is 10.0 Å². The molecule has 1 aliphatic rings. The summed E-state index contributed by atoms with van der Waals surface area (Å²) in [5.41, 5.74) is 4.20. The van der Waals surface area contributed by atoms with Crippen molar-refractivity contribution in [2.75, 3.05) is 22.5 Å². The lowest BCUT2D eigenvalue weighted by Crippen LogP contribution is -2.30. The second-order valence-corrected chi connectivity index (χ2v) is 10.8. The van der Waals surface area contributed by atoms with E-state index >= 15 is 0 Å². The molecule has 4 aromatic rings. The predicted octanol–water partition coefficient (Wildman–Crippen LogP) is 4.82. The average Bonchev–Trinajstić information content (AvgIpc) is 3.49. The summed E-state index contributed by atoms with van der Waals surface area (Å²) >= 11 is 5.83. The number of pyridine rings is 1. The van der Waals surface area contributed by atoms with E-state index in [0.717, 1.165) is 34.8 Å². The number of anilines is 2. The Hall–Kier alpha value is -3.89. The molecule has 0 saturated carbocycles. The van der Waals surface area contributed by atoms with E-state index in [1.807, 2.05) is 73.8 Å². The number of ether oxygens (including phenoxy) is 1. The zero-order chi connectivity index (χ0) is 26.0. The summed E-state index contributed by atoms with van der Waals surface area (Å²) in [6.07, 6.45) is 4.93. The fraction of sp³-hybridized carbons (Fsp3) is 0.185. The number of nitrogens with one attached hydrogen (secondary N) is 2. The van der Waals surface area contributed by atoms with Crippen LogP contribution in [0.2, 0.25) is 0 Å². The maximum atomic E-state index is 11.7. The Balaban J connectivity index is 1.57. The molecular weight excluding hydrogens is 506 g/mol. The number of aromatic nitrogens is 2. The van der Waals surface area contributed by atoms with Crippen LogP contribution < -0.4 is 19.7 Å². The molecule has 0 unspecified atom stereocenters. The van der Waals surface area contributed by atoms with Crippen molar-refractivity contribution in [2.24, 2.45) is 0 Å². The number of rotatable bonds is 8. The fourth-order valence-corrected chi connectivity index (χ4v) is 5.49. The van der Waals surface area contributed by atoms with Crippen LogP contribution in [0.25, 0.3) is 5.69 Å². The van der Waals surface area contributed by atoms with Crippen molar-refractivity contribution in [3.05, 3.63) is 103 Å². The molecule has 1 fully saturated rings. The van der Waals surface area contributed by atoms with Gasteiger partial charge in [-0.15, -0.1) is 0 Å². The van der Waals surface area contributed by atoms with E-state index in [2.05, 4.69) is 30.6 Å². The highest BCUT2D eigenvalue weighted by atomic mass is 32.2. The van der Waals surface area contributed by atoms with Crippen molar-refractivity contribution in [3.63, 3.8) is 0 Å². The molecule has 2 N–H and O–H groups in total. The van der Waals surface area contributed by atoms with Crippen LogP contribution in [0, 0.1) is 0 Å². The van der Waals surface area contributed by atoms with E-state index in [0.29, 0.717) is 17.4 Å². The topological polar surface area (TPSA) is 88.5 Å². The Morgan fingerprint density at radius 3 is 2.38 bits per heavy atom. The van der Waals surface area contributed by atoms with E-state index in [4.69, 9.17) is 17.0 Å². The highest BCUT2D eigenvalue weighted by molar-refractivity contribution is 7.92. The zero-order valence-corrected chi connectivity index (χ0v) is 22.0. The molecule has 0 radical (unpaired) electrons. The molecular formula is C27H27N5O3S2. The number of hydrogen-bond donors (Lipinski definition) is 2. The van der Waals surface area contributed by atoms with Gasteiger partial charge in [0.1, 0.15) is 11.8 Å². The molecule has 1 aliphatic heterocycles. The van der Waals surface area contributed by atoms with Crippen molar-refractivity contribution < 1.29 is 13.2 Å². The molecule has 2 atom stereocenters. The maximum Gasteiger partial charge on any atom is 0.229 e. The number of thiocarbonyl (C=S) groups is 1. The Labute approximate surface area is 222 Å². The lowest BCUT2D eigenvalue weighted by molar-refractivity contribution is 0.340. The van der Waals surface area contributed by atoms with Crippen LogP contribution in [0.5, 0.6) is 5.75 Å². The van der Waals surface area contributed by atoms with Gasteiger partial charge in [-0.05, 0) is 91.9 Å². The highest BCUT2D eigenvalue weighted by Crippen LogP contribution is 2.42. The SMILES string of the molecule is CCOc1ccc(-n2cccc2[C@H]2[C@H](c3ccccn3)NC(=S)N2c2ccc(NS(C)(=O)=O)cc2)cc1. The molecule has 2 aromatic heterocycles. The smallest absolute Gasteiger partial charge is 0.229 e. The minimum atomic E-state index is -3.38. The van der Waals surface area contributed by atoms with E-state index in [9.17, 15) is 8.42 Å². The number of benzene rings is 2. The quantitative estimate of drug-likeness (QED) is 0.314. The monoisotopic (exact) mass is 533 g/mol. The summed E-state index contributed by atoms with van der Waals surface area (Å²) in [5, 5.41) is 4.02. The second kappa shape index (κ2) is 10.2. The summed E-state index contributed by atoms with van der Waals surface area (Å²) in [4.78, 5) is 6.68. The largest absolute Gasteiger partial charge is 0.494 e. The maximum absolute atomic E-state index is 11.7. The molecule has 1 saturated heterocycles. The molecule has 0 amide bonds. The highest BCUT2D eigenvalue weighted by Gasteiger charge is 2.42. The van der Waals surface area contributed by atoms with E-state index in [-0.39, 0.29) is 12.1 Å². The second-order valence-electron chi connectivity index (χ2n) is 8.65. The fourth-order valence-electron chi connectivity index (χ4n) is 4.58. The van der Waals surface area contributed by atoms with Gasteiger partial charge >= 0.3 is 0 Å². The van der Waals surface area contributed by atoms with Gasteiger partial charge in [0, 0.05) is 35.1 Å². The van der Waals surface area contributed by atoms with Gasteiger partial charge in [0.05, 0.1) is 24.6 Å². The minimum Gasteiger partial charge on any atom is -0.494 e. The van der Waals surface area contributed by atoms with Crippen molar-refractivity contribution in [3.8, 4) is 11.4 Å². The van der Waals surface area contributed by atoms with E-state index in [1.165, 1.54) is 0 Å². The van der Waals surface area contributed by atoms with Crippen LogP contribution in [0.15, 0.2) is 91.3 Å². The van der Waals surface area contributed by atoms with Gasteiger partial charge in [-0.2, -0.15) is 0 Å². The summed E-state index contributed by atoms with van der Waals surface area (Å²) in [5.74, 6) is 0.819. The van der Waals surface area contributed by atoms with Crippen molar-refractivity contribution in [2.45, 2.75) is 19.0 Å². The first-order valence-electron chi connectivity index (χ1n) is 11.8.